The van der Waals surface area contributed by atoms with E-state index in [1.165, 1.54) is 12.1 Å². The van der Waals surface area contributed by atoms with Gasteiger partial charge >= 0.3 is 0 Å². The number of nitrogens with one attached hydrogen (secondary N) is 1. The lowest BCUT2D eigenvalue weighted by Crippen LogP contribution is -2.28. The van der Waals surface area contributed by atoms with Gasteiger partial charge in [0, 0.05) is 18.0 Å². The molecule has 0 amide bonds. The summed E-state index contributed by atoms with van der Waals surface area (Å²) in [7, 11) is 0. The summed E-state index contributed by atoms with van der Waals surface area (Å²) in [5.74, 6) is 0.772. The minimum atomic E-state index is -0.261. The first-order valence-corrected chi connectivity index (χ1v) is 8.61. The molecule has 0 saturated heterocycles. The van der Waals surface area contributed by atoms with E-state index in [0.717, 1.165) is 29.0 Å². The molecule has 1 unspecified atom stereocenters. The second-order valence-corrected chi connectivity index (χ2v) is 7.00. The van der Waals surface area contributed by atoms with Gasteiger partial charge in [0.25, 0.3) is 0 Å². The number of rotatable bonds is 4. The van der Waals surface area contributed by atoms with Crippen LogP contribution in [0.25, 0.3) is 0 Å². The largest absolute Gasteiger partial charge is 0.381 e. The van der Waals surface area contributed by atoms with Crippen molar-refractivity contribution < 1.29 is 4.39 Å². The molecule has 1 heterocycles. The van der Waals surface area contributed by atoms with Crippen LogP contribution in [0.3, 0.4) is 0 Å². The van der Waals surface area contributed by atoms with Gasteiger partial charge in [-0.2, -0.15) is 0 Å². The number of anilines is 1. The molecule has 0 saturated carbocycles. The third-order valence-corrected chi connectivity index (χ3v) is 4.89. The zero-order chi connectivity index (χ0) is 16.3. The molecule has 1 aliphatic heterocycles. The molecule has 0 bridgehead atoms. The molecule has 3 rings (SSSR count). The molecule has 7 heteroatoms. The van der Waals surface area contributed by atoms with Crippen molar-refractivity contribution in [2.24, 2.45) is 10.7 Å². The Kier molecular flexibility index (Phi) is 8.06. The number of hydrogen-bond acceptors (Lipinski definition) is 4. The number of halogens is 3. The van der Waals surface area contributed by atoms with Crippen LogP contribution in [-0.4, -0.2) is 10.9 Å². The van der Waals surface area contributed by atoms with Gasteiger partial charge in [0.15, 0.2) is 5.17 Å². The molecule has 1 atom stereocenters. The standard InChI is InChI=1S/C18H20FN3S.2ClH/c1-18(9-10-23-17(20)22-18)14-3-2-4-16(11-14)21-12-13-5-7-15(19)8-6-13;;/h2-8,11,21H,9-10,12H2,1H3,(H2,20,22);2*1H. The van der Waals surface area contributed by atoms with E-state index >= 15 is 0 Å². The third kappa shape index (κ3) is 5.53. The molecule has 0 radical (unpaired) electrons. The zero-order valence-electron chi connectivity index (χ0n) is 13.9. The monoisotopic (exact) mass is 401 g/mol. The Hall–Kier alpha value is -1.43. The predicted molar refractivity (Wildman–Crippen MR) is 111 cm³/mol. The molecule has 1 aliphatic rings. The molecule has 2 aromatic rings. The number of nitrogens with two attached hydrogens (primary N) is 1. The van der Waals surface area contributed by atoms with E-state index < -0.39 is 0 Å². The summed E-state index contributed by atoms with van der Waals surface area (Å²) in [5, 5.41) is 4.04. The molecule has 0 aromatic heterocycles. The highest BCUT2D eigenvalue weighted by Gasteiger charge is 2.29. The molecule has 2 aromatic carbocycles. The quantitative estimate of drug-likeness (QED) is 0.761. The van der Waals surface area contributed by atoms with Crippen molar-refractivity contribution in [3.8, 4) is 0 Å². The summed E-state index contributed by atoms with van der Waals surface area (Å²) in [6, 6.07) is 14.8. The maximum atomic E-state index is 12.9. The Labute approximate surface area is 164 Å². The van der Waals surface area contributed by atoms with Crippen molar-refractivity contribution >= 4 is 47.4 Å². The summed E-state index contributed by atoms with van der Waals surface area (Å²) < 4.78 is 12.9. The summed E-state index contributed by atoms with van der Waals surface area (Å²) in [6.45, 7) is 2.78. The van der Waals surface area contributed by atoms with E-state index in [-0.39, 0.29) is 36.2 Å². The first-order chi connectivity index (χ1) is 11.0. The van der Waals surface area contributed by atoms with Crippen molar-refractivity contribution in [3.63, 3.8) is 0 Å². The first kappa shape index (κ1) is 21.6. The van der Waals surface area contributed by atoms with Crippen LogP contribution < -0.4 is 11.1 Å². The number of hydrogen-bond donors (Lipinski definition) is 2. The van der Waals surface area contributed by atoms with E-state index in [1.807, 2.05) is 12.1 Å². The second-order valence-electron chi connectivity index (χ2n) is 5.88. The van der Waals surface area contributed by atoms with Gasteiger partial charge in [-0.05, 0) is 48.7 Å². The topological polar surface area (TPSA) is 50.4 Å². The van der Waals surface area contributed by atoms with Crippen molar-refractivity contribution in [2.75, 3.05) is 11.1 Å². The number of nitrogens with zero attached hydrogens (tertiary/aromatic N) is 1. The molecule has 0 fully saturated rings. The van der Waals surface area contributed by atoms with Crippen molar-refractivity contribution in [3.05, 3.63) is 65.5 Å². The van der Waals surface area contributed by atoms with Crippen LogP contribution in [0.2, 0.25) is 0 Å². The molecule has 136 valence electrons. The fourth-order valence-electron chi connectivity index (χ4n) is 2.67. The Morgan fingerprint density at radius 1 is 1.20 bits per heavy atom. The normalized spacial score (nSPS) is 19.2. The van der Waals surface area contributed by atoms with Gasteiger partial charge in [-0.3, -0.25) is 4.99 Å². The smallest absolute Gasteiger partial charge is 0.154 e. The van der Waals surface area contributed by atoms with E-state index in [9.17, 15) is 4.39 Å². The van der Waals surface area contributed by atoms with Crippen LogP contribution in [0.5, 0.6) is 0 Å². The van der Waals surface area contributed by atoms with Crippen LogP contribution in [0.15, 0.2) is 53.5 Å². The maximum Gasteiger partial charge on any atom is 0.154 e. The lowest BCUT2D eigenvalue weighted by atomic mass is 9.89. The van der Waals surface area contributed by atoms with Gasteiger partial charge in [0.1, 0.15) is 5.82 Å². The number of thioether (sulfide) groups is 1. The van der Waals surface area contributed by atoms with Gasteiger partial charge in [0.05, 0.1) is 5.54 Å². The average Bonchev–Trinajstić information content (AvgIpc) is 2.54. The first-order valence-electron chi connectivity index (χ1n) is 7.62. The van der Waals surface area contributed by atoms with E-state index in [4.69, 9.17) is 5.73 Å². The summed E-state index contributed by atoms with van der Waals surface area (Å²) >= 11 is 1.61. The van der Waals surface area contributed by atoms with E-state index in [0.29, 0.717) is 11.7 Å². The van der Waals surface area contributed by atoms with Crippen LogP contribution >= 0.6 is 36.6 Å². The Morgan fingerprint density at radius 2 is 1.92 bits per heavy atom. The van der Waals surface area contributed by atoms with Crippen molar-refractivity contribution in [1.82, 2.24) is 0 Å². The van der Waals surface area contributed by atoms with Crippen LogP contribution in [-0.2, 0) is 12.1 Å². The molecule has 25 heavy (non-hydrogen) atoms. The van der Waals surface area contributed by atoms with Crippen LogP contribution in [0, 0.1) is 5.82 Å². The Morgan fingerprint density at radius 3 is 2.60 bits per heavy atom. The van der Waals surface area contributed by atoms with Gasteiger partial charge in [-0.25, -0.2) is 4.39 Å². The summed E-state index contributed by atoms with van der Waals surface area (Å²) in [5.41, 5.74) is 8.86. The third-order valence-electron chi connectivity index (χ3n) is 4.09. The van der Waals surface area contributed by atoms with Gasteiger partial charge in [0.2, 0.25) is 0 Å². The Balaban J connectivity index is 0.00000156. The number of benzene rings is 2. The van der Waals surface area contributed by atoms with Gasteiger partial charge in [-0.15, -0.1) is 24.8 Å². The predicted octanol–water partition coefficient (Wildman–Crippen LogP) is 4.95. The summed E-state index contributed by atoms with van der Waals surface area (Å²) in [6.07, 6.45) is 0.972. The lowest BCUT2D eigenvalue weighted by Gasteiger charge is -2.30. The van der Waals surface area contributed by atoms with Crippen molar-refractivity contribution in [1.29, 1.82) is 0 Å². The van der Waals surface area contributed by atoms with E-state index in [1.54, 1.807) is 23.9 Å². The van der Waals surface area contributed by atoms with Crippen LogP contribution in [0.1, 0.15) is 24.5 Å². The SMILES string of the molecule is CC1(c2cccc(NCc3ccc(F)cc3)c2)CCSC(N)=N1.Cl.Cl. The fraction of sp³-hybridized carbons (Fsp3) is 0.278. The van der Waals surface area contributed by atoms with Gasteiger partial charge in [-0.1, -0.05) is 36.0 Å². The minimum absolute atomic E-state index is 0. The second kappa shape index (κ2) is 9.32. The highest BCUT2D eigenvalue weighted by atomic mass is 35.5. The number of aliphatic imine (C=N–C) groups is 1. The lowest BCUT2D eigenvalue weighted by molar-refractivity contribution is 0.482. The highest BCUT2D eigenvalue weighted by Crippen LogP contribution is 2.35. The molecule has 0 aliphatic carbocycles. The van der Waals surface area contributed by atoms with E-state index in [2.05, 4.69) is 29.4 Å². The van der Waals surface area contributed by atoms with Crippen molar-refractivity contribution in [2.45, 2.75) is 25.4 Å². The average molecular weight is 402 g/mol. The Bertz CT molecular complexity index is 725. The molecule has 3 nitrogen and oxygen atoms in total. The molecule has 3 N–H and O–H groups in total. The van der Waals surface area contributed by atoms with Gasteiger partial charge < -0.3 is 11.1 Å². The highest BCUT2D eigenvalue weighted by molar-refractivity contribution is 8.13. The molecular weight excluding hydrogens is 380 g/mol. The maximum absolute atomic E-state index is 12.9. The molecule has 0 spiro atoms. The summed E-state index contributed by atoms with van der Waals surface area (Å²) in [4.78, 5) is 4.64. The fourth-order valence-corrected chi connectivity index (χ4v) is 3.64. The minimum Gasteiger partial charge on any atom is -0.381 e. The molecular formula is C18H22Cl2FN3S. The van der Waals surface area contributed by atoms with Crippen LogP contribution in [0.4, 0.5) is 10.1 Å². The zero-order valence-corrected chi connectivity index (χ0v) is 16.3. The number of amidine groups is 1.